The molecule has 1 amide bonds. The summed E-state index contributed by atoms with van der Waals surface area (Å²) in [5, 5.41) is 4.68. The highest BCUT2D eigenvalue weighted by atomic mass is 19.1. The number of rotatable bonds is 5. The number of nitrogens with zero attached hydrogens (tertiary/aromatic N) is 3. The first-order valence-electron chi connectivity index (χ1n) is 10.5. The van der Waals surface area contributed by atoms with Gasteiger partial charge in [0, 0.05) is 36.5 Å². The minimum Gasteiger partial charge on any atom is -0.469 e. The molecule has 1 aromatic heterocycles. The van der Waals surface area contributed by atoms with E-state index in [1.165, 1.54) is 25.3 Å². The molecule has 7 heteroatoms. The lowest BCUT2D eigenvalue weighted by Gasteiger charge is -2.29. The number of esters is 1. The molecule has 0 spiro atoms. The van der Waals surface area contributed by atoms with Crippen LogP contribution in [0.15, 0.2) is 66.9 Å². The van der Waals surface area contributed by atoms with Crippen LogP contribution in [-0.2, 0) is 14.3 Å². The maximum Gasteiger partial charge on any atom is 0.308 e. The van der Waals surface area contributed by atoms with Gasteiger partial charge in [-0.2, -0.15) is 5.10 Å². The smallest absolute Gasteiger partial charge is 0.308 e. The number of para-hydroxylation sites is 1. The normalized spacial score (nSPS) is 14.6. The summed E-state index contributed by atoms with van der Waals surface area (Å²) in [5.41, 5.74) is 3.04. The number of piperidine rings is 1. The highest BCUT2D eigenvalue weighted by Gasteiger charge is 2.27. The minimum atomic E-state index is -0.320. The largest absolute Gasteiger partial charge is 0.469 e. The number of benzene rings is 2. The number of amides is 1. The second-order valence-electron chi connectivity index (χ2n) is 7.68. The van der Waals surface area contributed by atoms with E-state index in [1.807, 2.05) is 36.5 Å². The van der Waals surface area contributed by atoms with Gasteiger partial charge in [-0.15, -0.1) is 0 Å². The van der Waals surface area contributed by atoms with E-state index in [1.54, 1.807) is 27.8 Å². The molecule has 6 nitrogen and oxygen atoms in total. The fourth-order valence-electron chi connectivity index (χ4n) is 3.82. The van der Waals surface area contributed by atoms with Gasteiger partial charge in [0.05, 0.1) is 24.4 Å². The third-order valence-electron chi connectivity index (χ3n) is 5.63. The zero-order valence-electron chi connectivity index (χ0n) is 17.8. The lowest BCUT2D eigenvalue weighted by Crippen LogP contribution is -2.39. The molecule has 0 N–H and O–H groups in total. The van der Waals surface area contributed by atoms with E-state index in [4.69, 9.17) is 4.74 Å². The second-order valence-corrected chi connectivity index (χ2v) is 7.68. The maximum atomic E-state index is 13.4. The third kappa shape index (κ3) is 4.77. The summed E-state index contributed by atoms with van der Waals surface area (Å²) in [5.74, 6) is -0.808. The van der Waals surface area contributed by atoms with Crippen LogP contribution >= 0.6 is 0 Å². The summed E-state index contributed by atoms with van der Waals surface area (Å²) < 4.78 is 20.0. The SMILES string of the molecule is COC(=O)C1CCN(C(=O)/C=C/c2cn(-c3ccccc3)nc2-c2ccc(F)cc2)CC1. The molecule has 164 valence electrons. The van der Waals surface area contributed by atoms with E-state index >= 15 is 0 Å². The van der Waals surface area contributed by atoms with Gasteiger partial charge >= 0.3 is 5.97 Å². The Hall–Kier alpha value is -3.74. The first-order valence-corrected chi connectivity index (χ1v) is 10.5. The van der Waals surface area contributed by atoms with Gasteiger partial charge in [-0.25, -0.2) is 9.07 Å². The number of methoxy groups -OCH3 is 1. The lowest BCUT2D eigenvalue weighted by molar-refractivity contribution is -0.148. The van der Waals surface area contributed by atoms with Crippen molar-refractivity contribution in [3.63, 3.8) is 0 Å². The Bertz CT molecular complexity index is 1120. The quantitative estimate of drug-likeness (QED) is 0.449. The first kappa shape index (κ1) is 21.5. The van der Waals surface area contributed by atoms with Gasteiger partial charge in [-0.3, -0.25) is 9.59 Å². The van der Waals surface area contributed by atoms with Crippen molar-refractivity contribution in [2.75, 3.05) is 20.2 Å². The minimum absolute atomic E-state index is 0.120. The number of hydrogen-bond donors (Lipinski definition) is 0. The van der Waals surface area contributed by atoms with Crippen LogP contribution < -0.4 is 0 Å². The van der Waals surface area contributed by atoms with Crippen molar-refractivity contribution in [1.82, 2.24) is 14.7 Å². The molecule has 0 atom stereocenters. The summed E-state index contributed by atoms with van der Waals surface area (Å²) >= 11 is 0. The Balaban J connectivity index is 1.56. The predicted octanol–water partition coefficient (Wildman–Crippen LogP) is 4.10. The number of likely N-dealkylation sites (tertiary alicyclic amines) is 1. The van der Waals surface area contributed by atoms with E-state index in [0.717, 1.165) is 16.8 Å². The van der Waals surface area contributed by atoms with Crippen LogP contribution in [-0.4, -0.2) is 46.8 Å². The van der Waals surface area contributed by atoms with Crippen LogP contribution in [0.25, 0.3) is 23.0 Å². The van der Waals surface area contributed by atoms with E-state index in [-0.39, 0.29) is 23.6 Å². The molecule has 0 aliphatic carbocycles. The molecule has 0 bridgehead atoms. The Morgan fingerprint density at radius 1 is 1.06 bits per heavy atom. The van der Waals surface area contributed by atoms with Crippen molar-refractivity contribution in [2.45, 2.75) is 12.8 Å². The fourth-order valence-corrected chi connectivity index (χ4v) is 3.82. The Morgan fingerprint density at radius 3 is 2.41 bits per heavy atom. The highest BCUT2D eigenvalue weighted by molar-refractivity contribution is 5.93. The van der Waals surface area contributed by atoms with Gasteiger partial charge in [0.25, 0.3) is 0 Å². The van der Waals surface area contributed by atoms with Gasteiger partial charge < -0.3 is 9.64 Å². The topological polar surface area (TPSA) is 64.4 Å². The molecule has 1 fully saturated rings. The molecule has 2 aromatic carbocycles. The Kier molecular flexibility index (Phi) is 6.44. The van der Waals surface area contributed by atoms with Crippen LogP contribution in [0.4, 0.5) is 4.39 Å². The molecular weight excluding hydrogens is 409 g/mol. The number of halogens is 1. The van der Waals surface area contributed by atoms with Gasteiger partial charge in [-0.05, 0) is 55.3 Å². The van der Waals surface area contributed by atoms with Gasteiger partial charge in [0.15, 0.2) is 0 Å². The second kappa shape index (κ2) is 9.60. The molecule has 1 aliphatic rings. The summed E-state index contributed by atoms with van der Waals surface area (Å²) in [7, 11) is 1.39. The molecule has 3 aromatic rings. The molecule has 1 saturated heterocycles. The predicted molar refractivity (Wildman–Crippen MR) is 119 cm³/mol. The van der Waals surface area contributed by atoms with Gasteiger partial charge in [0.1, 0.15) is 5.82 Å². The average Bonchev–Trinajstić information content (AvgIpc) is 3.27. The van der Waals surface area contributed by atoms with E-state index < -0.39 is 0 Å². The molecule has 0 unspecified atom stereocenters. The third-order valence-corrected chi connectivity index (χ3v) is 5.63. The number of aromatic nitrogens is 2. The highest BCUT2D eigenvalue weighted by Crippen LogP contribution is 2.26. The van der Waals surface area contributed by atoms with Crippen LogP contribution in [0, 0.1) is 11.7 Å². The molecular formula is C25H24FN3O3. The fraction of sp³-hybridized carbons (Fsp3) is 0.240. The summed E-state index contributed by atoms with van der Waals surface area (Å²) in [4.78, 5) is 26.2. The van der Waals surface area contributed by atoms with E-state index in [2.05, 4.69) is 5.10 Å². The zero-order valence-corrected chi connectivity index (χ0v) is 17.8. The number of ether oxygens (including phenoxy) is 1. The van der Waals surface area contributed by atoms with Crippen LogP contribution in [0.3, 0.4) is 0 Å². The Morgan fingerprint density at radius 2 is 1.75 bits per heavy atom. The van der Waals surface area contributed by atoms with Gasteiger partial charge in [0.2, 0.25) is 5.91 Å². The molecule has 0 radical (unpaired) electrons. The van der Waals surface area contributed by atoms with Crippen molar-refractivity contribution >= 4 is 18.0 Å². The monoisotopic (exact) mass is 433 g/mol. The summed E-state index contributed by atoms with van der Waals surface area (Å²) in [6, 6.07) is 15.8. The van der Waals surface area contributed by atoms with Crippen molar-refractivity contribution in [1.29, 1.82) is 0 Å². The Labute approximate surface area is 185 Å². The van der Waals surface area contributed by atoms with Crippen molar-refractivity contribution in [3.05, 3.63) is 78.3 Å². The van der Waals surface area contributed by atoms with Crippen molar-refractivity contribution in [2.24, 2.45) is 5.92 Å². The number of hydrogen-bond acceptors (Lipinski definition) is 4. The van der Waals surface area contributed by atoms with Crippen LogP contribution in [0.5, 0.6) is 0 Å². The zero-order chi connectivity index (χ0) is 22.5. The molecule has 2 heterocycles. The van der Waals surface area contributed by atoms with Crippen molar-refractivity contribution in [3.8, 4) is 16.9 Å². The molecule has 32 heavy (non-hydrogen) atoms. The van der Waals surface area contributed by atoms with E-state index in [0.29, 0.717) is 31.6 Å². The number of carbonyl (C=O) groups excluding carboxylic acids is 2. The first-order chi connectivity index (χ1) is 15.5. The lowest BCUT2D eigenvalue weighted by atomic mass is 9.97. The van der Waals surface area contributed by atoms with Crippen LogP contribution in [0.2, 0.25) is 0 Å². The number of carbonyl (C=O) groups is 2. The summed E-state index contributed by atoms with van der Waals surface area (Å²) in [6.45, 7) is 1.02. The van der Waals surface area contributed by atoms with E-state index in [9.17, 15) is 14.0 Å². The maximum absolute atomic E-state index is 13.4. The average molecular weight is 433 g/mol. The standard InChI is InChI=1S/C25H24FN3O3/c1-32-25(31)19-13-15-28(16-14-19)23(30)12-9-20-17-29(22-5-3-2-4-6-22)27-24(20)18-7-10-21(26)11-8-18/h2-12,17,19H,13-16H2,1H3/b12-9+. The summed E-state index contributed by atoms with van der Waals surface area (Å²) in [6.07, 6.45) is 6.30. The van der Waals surface area contributed by atoms with Crippen molar-refractivity contribution < 1.29 is 18.7 Å². The molecule has 0 saturated carbocycles. The molecule has 4 rings (SSSR count). The molecule has 1 aliphatic heterocycles. The van der Waals surface area contributed by atoms with Gasteiger partial charge in [-0.1, -0.05) is 18.2 Å². The van der Waals surface area contributed by atoms with Crippen LogP contribution in [0.1, 0.15) is 18.4 Å².